The maximum absolute atomic E-state index is 9.56. The Morgan fingerprint density at radius 3 is 1.78 bits per heavy atom. The fraction of sp³-hybridized carbons (Fsp3) is 0.368. The van der Waals surface area contributed by atoms with Crippen LogP contribution in [0.5, 0.6) is 11.5 Å². The van der Waals surface area contributed by atoms with Crippen LogP contribution in [0.1, 0.15) is 42.7 Å². The summed E-state index contributed by atoms with van der Waals surface area (Å²) in [6.45, 7) is 0. The lowest BCUT2D eigenvalue weighted by molar-refractivity contribution is 0.314. The molecule has 3 rings (SSSR count). The van der Waals surface area contributed by atoms with Crippen molar-refractivity contribution < 1.29 is 10.2 Å². The summed E-state index contributed by atoms with van der Waals surface area (Å²) >= 11 is 12.8. The van der Waals surface area contributed by atoms with Gasteiger partial charge in [0, 0.05) is 5.92 Å². The number of phenols is 2. The Kier molecular flexibility index (Phi) is 4.74. The minimum Gasteiger partial charge on any atom is -0.508 e. The minimum atomic E-state index is -0.672. The van der Waals surface area contributed by atoms with Crippen LogP contribution in [0.25, 0.3) is 0 Å². The van der Waals surface area contributed by atoms with Gasteiger partial charge < -0.3 is 10.2 Å². The van der Waals surface area contributed by atoms with E-state index < -0.39 is 4.33 Å². The average Bonchev–Trinajstić information content (AvgIpc) is 2.50. The van der Waals surface area contributed by atoms with Crippen molar-refractivity contribution in [2.75, 3.05) is 0 Å². The molecule has 1 unspecified atom stereocenters. The van der Waals surface area contributed by atoms with Crippen molar-refractivity contribution >= 4 is 23.2 Å². The molecular weight excluding hydrogens is 331 g/mol. The summed E-state index contributed by atoms with van der Waals surface area (Å²) in [5.74, 6) is 0.984. The molecule has 1 atom stereocenters. The largest absolute Gasteiger partial charge is 0.508 e. The third kappa shape index (κ3) is 3.94. The Bertz CT molecular complexity index is 605. The summed E-state index contributed by atoms with van der Waals surface area (Å²) in [6.07, 6.45) is 3.63. The number of hydrogen-bond donors (Lipinski definition) is 2. The molecule has 0 spiro atoms. The molecule has 0 saturated heterocycles. The predicted octanol–water partition coefficient (Wildman–Crippen LogP) is 5.59. The average molecular weight is 351 g/mol. The van der Waals surface area contributed by atoms with Crippen LogP contribution in [0.4, 0.5) is 0 Å². The van der Waals surface area contributed by atoms with Crippen molar-refractivity contribution in [2.45, 2.75) is 35.9 Å². The standard InChI is InChI=1S/C19H20Cl2O2/c20-19(21)11-1-2-15(12-19)18(13-3-7-16(22)8-4-13)14-5-9-17(23)10-6-14/h3-10,15,18,22-23H,1-2,11-12H2. The highest BCUT2D eigenvalue weighted by atomic mass is 35.5. The Morgan fingerprint density at radius 1 is 0.870 bits per heavy atom. The Labute approximate surface area is 146 Å². The van der Waals surface area contributed by atoms with Gasteiger partial charge in [0.05, 0.1) is 0 Å². The van der Waals surface area contributed by atoms with Crippen LogP contribution in [-0.4, -0.2) is 14.5 Å². The third-order valence-corrected chi connectivity index (χ3v) is 5.34. The molecule has 2 aromatic rings. The number of phenolic OH excluding ortho intramolecular Hbond substituents is 2. The fourth-order valence-electron chi connectivity index (χ4n) is 3.60. The summed E-state index contributed by atoms with van der Waals surface area (Å²) in [5, 5.41) is 19.1. The number of aromatic hydroxyl groups is 2. The summed E-state index contributed by atoms with van der Waals surface area (Å²) < 4.78 is -0.672. The molecule has 0 aromatic heterocycles. The van der Waals surface area contributed by atoms with E-state index >= 15 is 0 Å². The van der Waals surface area contributed by atoms with E-state index in [1.807, 2.05) is 24.3 Å². The van der Waals surface area contributed by atoms with Gasteiger partial charge >= 0.3 is 0 Å². The van der Waals surface area contributed by atoms with Gasteiger partial charge in [0.1, 0.15) is 15.8 Å². The van der Waals surface area contributed by atoms with E-state index in [0.717, 1.165) is 36.8 Å². The first-order valence-corrected chi connectivity index (χ1v) is 8.66. The van der Waals surface area contributed by atoms with Gasteiger partial charge in [-0.15, -0.1) is 23.2 Å². The van der Waals surface area contributed by atoms with Crippen molar-refractivity contribution in [2.24, 2.45) is 5.92 Å². The zero-order valence-electron chi connectivity index (χ0n) is 12.8. The Morgan fingerprint density at radius 2 is 1.35 bits per heavy atom. The lowest BCUT2D eigenvalue weighted by atomic mass is 9.73. The van der Waals surface area contributed by atoms with E-state index in [1.165, 1.54) is 0 Å². The molecular formula is C19H20Cl2O2. The topological polar surface area (TPSA) is 40.5 Å². The molecule has 122 valence electrons. The summed E-state index contributed by atoms with van der Waals surface area (Å²) in [7, 11) is 0. The molecule has 0 heterocycles. The quantitative estimate of drug-likeness (QED) is 0.707. The third-order valence-electron chi connectivity index (χ3n) is 4.65. The smallest absolute Gasteiger partial charge is 0.118 e. The van der Waals surface area contributed by atoms with E-state index in [-0.39, 0.29) is 17.4 Å². The number of alkyl halides is 2. The van der Waals surface area contributed by atoms with Gasteiger partial charge in [-0.1, -0.05) is 30.7 Å². The SMILES string of the molecule is Oc1ccc(C(c2ccc(O)cc2)C2CCCC(Cl)(Cl)C2)cc1. The maximum atomic E-state index is 9.56. The van der Waals surface area contributed by atoms with Crippen LogP contribution < -0.4 is 0 Å². The first-order valence-electron chi connectivity index (χ1n) is 7.90. The van der Waals surface area contributed by atoms with Crippen molar-refractivity contribution in [3.8, 4) is 11.5 Å². The number of hydrogen-bond acceptors (Lipinski definition) is 2. The van der Waals surface area contributed by atoms with Crippen molar-refractivity contribution in [3.63, 3.8) is 0 Å². The Hall–Kier alpha value is -1.38. The lowest BCUT2D eigenvalue weighted by Gasteiger charge is -2.37. The van der Waals surface area contributed by atoms with Crippen LogP contribution in [0.2, 0.25) is 0 Å². The first-order chi connectivity index (χ1) is 10.9. The van der Waals surface area contributed by atoms with Gasteiger partial charge in [-0.3, -0.25) is 0 Å². The molecule has 0 radical (unpaired) electrons. The van der Waals surface area contributed by atoms with Crippen LogP contribution in [-0.2, 0) is 0 Å². The van der Waals surface area contributed by atoms with Gasteiger partial charge in [-0.05, 0) is 60.6 Å². The zero-order valence-corrected chi connectivity index (χ0v) is 14.3. The van der Waals surface area contributed by atoms with Crippen LogP contribution >= 0.6 is 23.2 Å². The molecule has 2 nitrogen and oxygen atoms in total. The van der Waals surface area contributed by atoms with Crippen molar-refractivity contribution in [1.29, 1.82) is 0 Å². The van der Waals surface area contributed by atoms with Gasteiger partial charge in [0.25, 0.3) is 0 Å². The van der Waals surface area contributed by atoms with Gasteiger partial charge in [0.15, 0.2) is 0 Å². The van der Waals surface area contributed by atoms with Crippen LogP contribution in [0.3, 0.4) is 0 Å². The van der Waals surface area contributed by atoms with Crippen molar-refractivity contribution in [1.82, 2.24) is 0 Å². The normalized spacial score (nSPS) is 20.6. The minimum absolute atomic E-state index is 0.147. The molecule has 1 aliphatic carbocycles. The number of rotatable bonds is 3. The zero-order chi connectivity index (χ0) is 16.4. The van der Waals surface area contributed by atoms with E-state index in [9.17, 15) is 10.2 Å². The molecule has 2 aromatic carbocycles. The second kappa shape index (κ2) is 6.62. The summed E-state index contributed by atoms with van der Waals surface area (Å²) in [4.78, 5) is 0. The van der Waals surface area contributed by atoms with Crippen molar-refractivity contribution in [3.05, 3.63) is 59.7 Å². The highest BCUT2D eigenvalue weighted by molar-refractivity contribution is 6.48. The predicted molar refractivity (Wildman–Crippen MR) is 94.5 cm³/mol. The van der Waals surface area contributed by atoms with E-state index in [2.05, 4.69) is 0 Å². The summed E-state index contributed by atoms with van der Waals surface area (Å²) in [6, 6.07) is 14.6. The first kappa shape index (κ1) is 16.5. The molecule has 2 N–H and O–H groups in total. The Balaban J connectivity index is 1.99. The molecule has 0 aliphatic heterocycles. The summed E-state index contributed by atoms with van der Waals surface area (Å²) in [5.41, 5.74) is 2.26. The number of halogens is 2. The monoisotopic (exact) mass is 350 g/mol. The molecule has 1 aliphatic rings. The molecule has 1 fully saturated rings. The second-order valence-electron chi connectivity index (χ2n) is 6.37. The second-order valence-corrected chi connectivity index (χ2v) is 8.01. The van der Waals surface area contributed by atoms with Gasteiger partial charge in [-0.25, -0.2) is 0 Å². The van der Waals surface area contributed by atoms with Crippen LogP contribution in [0, 0.1) is 5.92 Å². The number of benzene rings is 2. The molecule has 1 saturated carbocycles. The maximum Gasteiger partial charge on any atom is 0.118 e. The molecule has 4 heteroatoms. The highest BCUT2D eigenvalue weighted by Gasteiger charge is 2.37. The highest BCUT2D eigenvalue weighted by Crippen LogP contribution is 2.48. The van der Waals surface area contributed by atoms with E-state index in [1.54, 1.807) is 24.3 Å². The fourth-order valence-corrected chi connectivity index (χ4v) is 4.26. The van der Waals surface area contributed by atoms with Crippen LogP contribution in [0.15, 0.2) is 48.5 Å². The van der Waals surface area contributed by atoms with Gasteiger partial charge in [0.2, 0.25) is 0 Å². The lowest BCUT2D eigenvalue weighted by Crippen LogP contribution is -2.28. The molecule has 0 bridgehead atoms. The van der Waals surface area contributed by atoms with E-state index in [0.29, 0.717) is 5.92 Å². The van der Waals surface area contributed by atoms with E-state index in [4.69, 9.17) is 23.2 Å². The van der Waals surface area contributed by atoms with Gasteiger partial charge in [-0.2, -0.15) is 0 Å². The molecule has 23 heavy (non-hydrogen) atoms. The molecule has 0 amide bonds.